The first-order valence-corrected chi connectivity index (χ1v) is 12.0. The smallest absolute Gasteiger partial charge is 0.419 e. The van der Waals surface area contributed by atoms with Gasteiger partial charge in [-0.3, -0.25) is 9.69 Å². The molecule has 0 aliphatic carbocycles. The van der Waals surface area contributed by atoms with Crippen LogP contribution in [0.5, 0.6) is 0 Å². The number of pyridine rings is 1. The first kappa shape index (κ1) is 23.9. The van der Waals surface area contributed by atoms with Crippen LogP contribution in [0, 0.1) is 0 Å². The molecule has 1 aliphatic heterocycles. The second-order valence-corrected chi connectivity index (χ2v) is 10.3. The van der Waals surface area contributed by atoms with E-state index in [1.165, 1.54) is 0 Å². The van der Waals surface area contributed by atoms with Gasteiger partial charge < -0.3 is 10.1 Å². The third kappa shape index (κ3) is 4.66. The molecular weight excluding hydrogens is 478 g/mol. The van der Waals surface area contributed by atoms with Crippen LogP contribution in [0.15, 0.2) is 54.0 Å². The molecule has 10 heteroatoms. The van der Waals surface area contributed by atoms with Crippen LogP contribution < -0.4 is 5.32 Å². The van der Waals surface area contributed by atoms with Gasteiger partial charge in [-0.1, -0.05) is 17.7 Å². The van der Waals surface area contributed by atoms with E-state index >= 15 is 0 Å². The Hall–Kier alpha value is -3.85. The molecule has 36 heavy (non-hydrogen) atoms. The van der Waals surface area contributed by atoms with Crippen LogP contribution in [-0.4, -0.2) is 49.3 Å². The highest BCUT2D eigenvalue weighted by Gasteiger charge is 2.24. The lowest BCUT2D eigenvalue weighted by Gasteiger charge is -2.21. The van der Waals surface area contributed by atoms with Gasteiger partial charge >= 0.3 is 6.09 Å². The van der Waals surface area contributed by atoms with Crippen LogP contribution in [0.4, 0.5) is 16.3 Å². The van der Waals surface area contributed by atoms with Gasteiger partial charge in [-0.25, -0.2) is 14.3 Å². The largest absolute Gasteiger partial charge is 0.443 e. The standard InChI is InChI=1S/C26H28ClN7O2/c1-26(2,3)36-25(35)34-22(18-14-30-32(4)15-18)11-17-13-28-24(12-23(17)34)31-20-7-6-16(10-19(20)27)21-8-9-29-33(21)5/h6-7,9-15,21H,8H2,1-5H3,(H,28,31). The number of fused-ring (bicyclic) bond motifs is 1. The minimum absolute atomic E-state index is 0.175. The predicted molar refractivity (Wildman–Crippen MR) is 142 cm³/mol. The van der Waals surface area contributed by atoms with Gasteiger partial charge in [-0.05, 0) is 44.5 Å². The highest BCUT2D eigenvalue weighted by molar-refractivity contribution is 6.33. The maximum absolute atomic E-state index is 13.3. The Kier molecular flexibility index (Phi) is 5.96. The zero-order chi connectivity index (χ0) is 25.6. The monoisotopic (exact) mass is 505 g/mol. The van der Waals surface area contributed by atoms with E-state index in [4.69, 9.17) is 16.3 Å². The molecule has 4 aromatic rings. The van der Waals surface area contributed by atoms with E-state index in [0.29, 0.717) is 22.1 Å². The number of aromatic nitrogens is 4. The molecule has 3 aromatic heterocycles. The van der Waals surface area contributed by atoms with E-state index in [2.05, 4.69) is 20.5 Å². The molecule has 9 nitrogen and oxygen atoms in total. The Labute approximate surface area is 214 Å². The topological polar surface area (TPSA) is 89.6 Å². The molecule has 1 unspecified atom stereocenters. The third-order valence-electron chi connectivity index (χ3n) is 5.95. The number of hydrogen-bond donors (Lipinski definition) is 1. The van der Waals surface area contributed by atoms with Crippen molar-refractivity contribution < 1.29 is 9.53 Å². The van der Waals surface area contributed by atoms with E-state index in [1.807, 2.05) is 82.6 Å². The number of aryl methyl sites for hydroxylation is 1. The second-order valence-electron chi connectivity index (χ2n) is 9.86. The SMILES string of the molecule is CN1N=CCC1c1ccc(Nc2cc3c(cn2)cc(-c2cnn(C)c2)n3C(=O)OC(C)(C)C)c(Cl)c1. The second kappa shape index (κ2) is 8.98. The summed E-state index contributed by atoms with van der Waals surface area (Å²) in [7, 11) is 3.78. The van der Waals surface area contributed by atoms with Crippen molar-refractivity contribution in [3.05, 3.63) is 59.5 Å². The Morgan fingerprint density at radius 2 is 1.97 bits per heavy atom. The van der Waals surface area contributed by atoms with Crippen molar-refractivity contribution in [2.24, 2.45) is 12.1 Å². The van der Waals surface area contributed by atoms with E-state index in [9.17, 15) is 4.79 Å². The fourth-order valence-electron chi connectivity index (χ4n) is 4.28. The summed E-state index contributed by atoms with van der Waals surface area (Å²) in [6.45, 7) is 5.53. The van der Waals surface area contributed by atoms with Crippen molar-refractivity contribution in [2.45, 2.75) is 38.8 Å². The summed E-state index contributed by atoms with van der Waals surface area (Å²) in [5.74, 6) is 0.555. The van der Waals surface area contributed by atoms with E-state index < -0.39 is 11.7 Å². The summed E-state index contributed by atoms with van der Waals surface area (Å²) in [6.07, 6.45) is 7.58. The molecule has 1 aliphatic rings. The zero-order valence-corrected chi connectivity index (χ0v) is 21.6. The average Bonchev–Trinajstić information content (AvgIpc) is 3.51. The van der Waals surface area contributed by atoms with Crippen LogP contribution in [0.2, 0.25) is 5.02 Å². The molecule has 1 N–H and O–H groups in total. The lowest BCUT2D eigenvalue weighted by Crippen LogP contribution is -2.27. The molecule has 4 heterocycles. The highest BCUT2D eigenvalue weighted by Crippen LogP contribution is 2.34. The molecule has 0 saturated heterocycles. The van der Waals surface area contributed by atoms with Gasteiger partial charge in [0.15, 0.2) is 0 Å². The fourth-order valence-corrected chi connectivity index (χ4v) is 4.52. The van der Waals surface area contributed by atoms with Crippen molar-refractivity contribution in [1.29, 1.82) is 0 Å². The molecule has 0 radical (unpaired) electrons. The number of carbonyl (C=O) groups excluding carboxylic acids is 1. The Balaban J connectivity index is 1.51. The number of benzene rings is 1. The van der Waals surface area contributed by atoms with Crippen molar-refractivity contribution >= 4 is 46.3 Å². The molecule has 0 saturated carbocycles. The summed E-state index contributed by atoms with van der Waals surface area (Å²) in [6, 6.07) is 9.82. The first-order chi connectivity index (χ1) is 17.1. The van der Waals surface area contributed by atoms with Crippen molar-refractivity contribution in [1.82, 2.24) is 24.3 Å². The maximum atomic E-state index is 13.3. The van der Waals surface area contributed by atoms with Crippen LogP contribution in [0.1, 0.15) is 38.8 Å². The predicted octanol–water partition coefficient (Wildman–Crippen LogP) is 5.98. The van der Waals surface area contributed by atoms with Gasteiger partial charge in [0.05, 0.1) is 34.2 Å². The maximum Gasteiger partial charge on any atom is 0.419 e. The first-order valence-electron chi connectivity index (χ1n) is 11.6. The molecule has 5 rings (SSSR count). The normalized spacial score (nSPS) is 15.6. The van der Waals surface area contributed by atoms with Gasteiger partial charge in [0.25, 0.3) is 0 Å². The quantitative estimate of drug-likeness (QED) is 0.367. The van der Waals surface area contributed by atoms with Crippen molar-refractivity contribution in [3.63, 3.8) is 0 Å². The summed E-state index contributed by atoms with van der Waals surface area (Å²) in [5, 5.41) is 15.2. The molecule has 1 atom stereocenters. The number of halogens is 1. The summed E-state index contributed by atoms with van der Waals surface area (Å²) in [4.78, 5) is 17.8. The Bertz CT molecular complexity index is 1480. The fraction of sp³-hybridized carbons (Fsp3) is 0.308. The van der Waals surface area contributed by atoms with Gasteiger partial charge in [-0.15, -0.1) is 0 Å². The van der Waals surface area contributed by atoms with E-state index in [1.54, 1.807) is 21.6 Å². The molecule has 0 fully saturated rings. The highest BCUT2D eigenvalue weighted by atomic mass is 35.5. The average molecular weight is 506 g/mol. The van der Waals surface area contributed by atoms with Gasteiger partial charge in [0.2, 0.25) is 0 Å². The van der Waals surface area contributed by atoms with Crippen LogP contribution in [0.3, 0.4) is 0 Å². The number of rotatable bonds is 4. The van der Waals surface area contributed by atoms with E-state index in [0.717, 1.165) is 28.6 Å². The number of carbonyl (C=O) groups is 1. The van der Waals surface area contributed by atoms with Crippen LogP contribution >= 0.6 is 11.6 Å². The number of hydrogen-bond acceptors (Lipinski definition) is 7. The van der Waals surface area contributed by atoms with E-state index in [-0.39, 0.29) is 6.04 Å². The summed E-state index contributed by atoms with van der Waals surface area (Å²) >= 11 is 6.63. The van der Waals surface area contributed by atoms with Crippen molar-refractivity contribution in [2.75, 3.05) is 12.4 Å². The molecule has 186 valence electrons. The van der Waals surface area contributed by atoms with Crippen molar-refractivity contribution in [3.8, 4) is 11.3 Å². The Morgan fingerprint density at radius 1 is 1.17 bits per heavy atom. The summed E-state index contributed by atoms with van der Waals surface area (Å²) < 4.78 is 8.98. The van der Waals surface area contributed by atoms with Gasteiger partial charge in [0, 0.05) is 56.1 Å². The molecule has 0 bridgehead atoms. The molecule has 1 aromatic carbocycles. The number of hydrazone groups is 1. The number of nitrogens with zero attached hydrogens (tertiary/aromatic N) is 6. The number of ether oxygens (including phenoxy) is 1. The molecule has 0 spiro atoms. The molecular formula is C26H28ClN7O2. The van der Waals surface area contributed by atoms with Gasteiger partial charge in [-0.2, -0.15) is 10.2 Å². The van der Waals surface area contributed by atoms with Crippen LogP contribution in [-0.2, 0) is 11.8 Å². The van der Waals surface area contributed by atoms with Crippen LogP contribution in [0.25, 0.3) is 22.2 Å². The number of nitrogens with one attached hydrogen (secondary N) is 1. The lowest BCUT2D eigenvalue weighted by molar-refractivity contribution is 0.0547. The summed E-state index contributed by atoms with van der Waals surface area (Å²) in [5.41, 5.74) is 3.30. The zero-order valence-electron chi connectivity index (χ0n) is 20.9. The Morgan fingerprint density at radius 3 is 2.61 bits per heavy atom. The third-order valence-corrected chi connectivity index (χ3v) is 6.26. The number of anilines is 2. The van der Waals surface area contributed by atoms with Gasteiger partial charge in [0.1, 0.15) is 11.4 Å². The lowest BCUT2D eigenvalue weighted by atomic mass is 10.0. The minimum atomic E-state index is -0.651. The minimum Gasteiger partial charge on any atom is -0.443 e. The molecule has 0 amide bonds.